The molecule has 0 N–H and O–H groups in total. The van der Waals surface area contributed by atoms with Gasteiger partial charge in [-0.25, -0.2) is 8.78 Å². The average Bonchev–Trinajstić information content (AvgIpc) is 2.80. The zero-order valence-corrected chi connectivity index (χ0v) is 14.3. The standard InChI is InChI=1S/C21H17F2N3/c1-26-11-9-17(21-18(22)4-2-5-19(21)23)16-8-7-14(12-15(16)13-26)20-6-3-10-24-25-20/h2-10,12H,11,13H2,1H3. The van der Waals surface area contributed by atoms with Gasteiger partial charge in [-0.15, -0.1) is 0 Å². The lowest BCUT2D eigenvalue weighted by molar-refractivity contribution is 0.366. The Balaban J connectivity index is 1.87. The smallest absolute Gasteiger partial charge is 0.133 e. The fourth-order valence-electron chi connectivity index (χ4n) is 3.31. The summed E-state index contributed by atoms with van der Waals surface area (Å²) in [6, 6.07) is 13.5. The van der Waals surface area contributed by atoms with Gasteiger partial charge in [0.2, 0.25) is 0 Å². The molecule has 1 aromatic heterocycles. The molecule has 5 heteroatoms. The number of hydrogen-bond donors (Lipinski definition) is 0. The molecule has 1 aliphatic rings. The SMILES string of the molecule is CN1CC=C(c2c(F)cccc2F)c2ccc(-c3cccnn3)cc2C1. The molecule has 0 saturated heterocycles. The van der Waals surface area contributed by atoms with Gasteiger partial charge in [-0.05, 0) is 54.1 Å². The highest BCUT2D eigenvalue weighted by atomic mass is 19.1. The van der Waals surface area contributed by atoms with E-state index in [9.17, 15) is 8.78 Å². The third-order valence-corrected chi connectivity index (χ3v) is 4.54. The second-order valence-corrected chi connectivity index (χ2v) is 6.39. The van der Waals surface area contributed by atoms with Crippen LogP contribution < -0.4 is 0 Å². The Morgan fingerprint density at radius 3 is 2.54 bits per heavy atom. The Hall–Kier alpha value is -2.92. The van der Waals surface area contributed by atoms with Crippen molar-refractivity contribution in [3.8, 4) is 11.3 Å². The summed E-state index contributed by atoms with van der Waals surface area (Å²) in [4.78, 5) is 2.10. The molecule has 2 heterocycles. The van der Waals surface area contributed by atoms with Crippen LogP contribution in [0.2, 0.25) is 0 Å². The molecule has 3 aromatic rings. The van der Waals surface area contributed by atoms with E-state index < -0.39 is 11.6 Å². The van der Waals surface area contributed by atoms with E-state index in [4.69, 9.17) is 0 Å². The summed E-state index contributed by atoms with van der Waals surface area (Å²) in [5.41, 5.74) is 4.15. The summed E-state index contributed by atoms with van der Waals surface area (Å²) in [6.07, 6.45) is 3.51. The molecule has 4 rings (SSSR count). The normalized spacial score (nSPS) is 14.5. The van der Waals surface area contributed by atoms with Gasteiger partial charge in [-0.1, -0.05) is 24.3 Å². The van der Waals surface area contributed by atoms with Crippen LogP contribution in [0.25, 0.3) is 16.8 Å². The van der Waals surface area contributed by atoms with Crippen molar-refractivity contribution in [1.29, 1.82) is 0 Å². The Labute approximate surface area is 150 Å². The van der Waals surface area contributed by atoms with E-state index in [0.29, 0.717) is 18.7 Å². The summed E-state index contributed by atoms with van der Waals surface area (Å²) in [6.45, 7) is 1.29. The lowest BCUT2D eigenvalue weighted by Gasteiger charge is -2.16. The summed E-state index contributed by atoms with van der Waals surface area (Å²) in [5, 5.41) is 8.07. The monoisotopic (exact) mass is 349 g/mol. The van der Waals surface area contributed by atoms with Crippen molar-refractivity contribution < 1.29 is 8.78 Å². The van der Waals surface area contributed by atoms with E-state index in [1.807, 2.05) is 43.5 Å². The summed E-state index contributed by atoms with van der Waals surface area (Å²) in [7, 11) is 1.98. The highest BCUT2D eigenvalue weighted by Crippen LogP contribution is 2.34. The van der Waals surface area contributed by atoms with Gasteiger partial charge in [0, 0.05) is 24.8 Å². The minimum atomic E-state index is -0.551. The van der Waals surface area contributed by atoms with E-state index >= 15 is 0 Å². The van der Waals surface area contributed by atoms with E-state index in [1.54, 1.807) is 6.20 Å². The lowest BCUT2D eigenvalue weighted by Crippen LogP contribution is -2.16. The van der Waals surface area contributed by atoms with E-state index in [2.05, 4.69) is 15.1 Å². The quantitative estimate of drug-likeness (QED) is 0.691. The molecule has 0 bridgehead atoms. The van der Waals surface area contributed by atoms with Crippen LogP contribution in [0, 0.1) is 11.6 Å². The first-order valence-electron chi connectivity index (χ1n) is 8.38. The largest absolute Gasteiger partial charge is 0.298 e. The molecule has 0 radical (unpaired) electrons. The molecule has 0 atom stereocenters. The fourth-order valence-corrected chi connectivity index (χ4v) is 3.31. The predicted octanol–water partition coefficient (Wildman–Crippen LogP) is 4.30. The first kappa shape index (κ1) is 16.5. The van der Waals surface area contributed by atoms with Gasteiger partial charge in [-0.3, -0.25) is 4.90 Å². The molecule has 2 aromatic carbocycles. The fraction of sp³-hybridized carbons (Fsp3) is 0.143. The van der Waals surface area contributed by atoms with Crippen molar-refractivity contribution in [2.75, 3.05) is 13.6 Å². The maximum absolute atomic E-state index is 14.4. The van der Waals surface area contributed by atoms with Gasteiger partial charge in [-0.2, -0.15) is 10.2 Å². The molecule has 130 valence electrons. The Bertz CT molecular complexity index is 964. The minimum Gasteiger partial charge on any atom is -0.298 e. The van der Waals surface area contributed by atoms with Gasteiger partial charge in [0.05, 0.1) is 11.3 Å². The van der Waals surface area contributed by atoms with Crippen LogP contribution in [0.3, 0.4) is 0 Å². The van der Waals surface area contributed by atoms with Crippen molar-refractivity contribution >= 4 is 5.57 Å². The first-order valence-corrected chi connectivity index (χ1v) is 8.38. The number of benzene rings is 2. The third kappa shape index (κ3) is 3.02. The Kier molecular flexibility index (Phi) is 4.31. The van der Waals surface area contributed by atoms with Crippen LogP contribution in [-0.2, 0) is 6.54 Å². The van der Waals surface area contributed by atoms with Crippen LogP contribution in [0.1, 0.15) is 16.7 Å². The lowest BCUT2D eigenvalue weighted by atomic mass is 9.91. The van der Waals surface area contributed by atoms with Crippen molar-refractivity contribution in [3.05, 3.63) is 89.1 Å². The van der Waals surface area contributed by atoms with Gasteiger partial charge in [0.15, 0.2) is 0 Å². The highest BCUT2D eigenvalue weighted by Gasteiger charge is 2.21. The Morgan fingerprint density at radius 1 is 1.00 bits per heavy atom. The summed E-state index contributed by atoms with van der Waals surface area (Å²) >= 11 is 0. The van der Waals surface area contributed by atoms with Crippen molar-refractivity contribution in [1.82, 2.24) is 15.1 Å². The molecule has 0 fully saturated rings. The molecule has 0 unspecified atom stereocenters. The number of fused-ring (bicyclic) bond motifs is 1. The molecule has 3 nitrogen and oxygen atoms in total. The van der Waals surface area contributed by atoms with E-state index in [-0.39, 0.29) is 5.56 Å². The molecule has 26 heavy (non-hydrogen) atoms. The predicted molar refractivity (Wildman–Crippen MR) is 97.2 cm³/mol. The second kappa shape index (κ2) is 6.77. The average molecular weight is 349 g/mol. The second-order valence-electron chi connectivity index (χ2n) is 6.39. The van der Waals surface area contributed by atoms with E-state index in [0.717, 1.165) is 22.4 Å². The number of nitrogens with zero attached hydrogens (tertiary/aromatic N) is 3. The highest BCUT2D eigenvalue weighted by molar-refractivity contribution is 5.83. The van der Waals surface area contributed by atoms with Gasteiger partial charge in [0.1, 0.15) is 11.6 Å². The number of hydrogen-bond acceptors (Lipinski definition) is 3. The molecular weight excluding hydrogens is 332 g/mol. The van der Waals surface area contributed by atoms with Crippen LogP contribution in [-0.4, -0.2) is 28.7 Å². The minimum absolute atomic E-state index is 0.0244. The van der Waals surface area contributed by atoms with Crippen molar-refractivity contribution in [2.45, 2.75) is 6.54 Å². The van der Waals surface area contributed by atoms with Crippen LogP contribution in [0.5, 0.6) is 0 Å². The topological polar surface area (TPSA) is 29.0 Å². The summed E-state index contributed by atoms with van der Waals surface area (Å²) < 4.78 is 28.8. The van der Waals surface area contributed by atoms with Gasteiger partial charge in [0.25, 0.3) is 0 Å². The molecule has 0 aliphatic carbocycles. The number of likely N-dealkylation sites (N-methyl/N-ethyl adjacent to an activating group) is 1. The van der Waals surface area contributed by atoms with Gasteiger partial charge >= 0.3 is 0 Å². The zero-order chi connectivity index (χ0) is 18.1. The molecule has 0 saturated carbocycles. The van der Waals surface area contributed by atoms with Crippen LogP contribution >= 0.6 is 0 Å². The maximum atomic E-state index is 14.4. The van der Waals surface area contributed by atoms with E-state index in [1.165, 1.54) is 18.2 Å². The number of rotatable bonds is 2. The van der Waals surface area contributed by atoms with Crippen LogP contribution in [0.15, 0.2) is 60.8 Å². The number of halogens is 2. The zero-order valence-electron chi connectivity index (χ0n) is 14.3. The summed E-state index contributed by atoms with van der Waals surface area (Å²) in [5.74, 6) is -1.10. The number of aromatic nitrogens is 2. The Morgan fingerprint density at radius 2 is 1.81 bits per heavy atom. The van der Waals surface area contributed by atoms with Gasteiger partial charge < -0.3 is 0 Å². The molecule has 0 amide bonds. The molecule has 0 spiro atoms. The van der Waals surface area contributed by atoms with Crippen LogP contribution in [0.4, 0.5) is 8.78 Å². The van der Waals surface area contributed by atoms with Crippen molar-refractivity contribution in [2.24, 2.45) is 0 Å². The molecular formula is C21H17F2N3. The first-order chi connectivity index (χ1) is 12.6. The van der Waals surface area contributed by atoms with Crippen molar-refractivity contribution in [3.63, 3.8) is 0 Å². The molecule has 1 aliphatic heterocycles. The third-order valence-electron chi connectivity index (χ3n) is 4.54. The maximum Gasteiger partial charge on any atom is 0.133 e.